The molecule has 0 saturated heterocycles. The van der Waals surface area contributed by atoms with Gasteiger partial charge in [-0.25, -0.2) is 0 Å². The van der Waals surface area contributed by atoms with Gasteiger partial charge < -0.3 is 4.74 Å². The van der Waals surface area contributed by atoms with Gasteiger partial charge in [0.2, 0.25) is 0 Å². The van der Waals surface area contributed by atoms with Gasteiger partial charge in [0.15, 0.2) is 0 Å². The van der Waals surface area contributed by atoms with E-state index in [-0.39, 0.29) is 0 Å². The van der Waals surface area contributed by atoms with Crippen molar-refractivity contribution >= 4 is 37.4 Å². The maximum absolute atomic E-state index is 8.77. The smallest absolute Gasteiger partial charge is 0.134 e. The van der Waals surface area contributed by atoms with Gasteiger partial charge in [0.25, 0.3) is 0 Å². The van der Waals surface area contributed by atoms with Crippen molar-refractivity contribution in [1.82, 2.24) is 0 Å². The number of ether oxygens (including phenoxy) is 1. The van der Waals surface area contributed by atoms with Crippen LogP contribution in [-0.2, 0) is 0 Å². The van der Waals surface area contributed by atoms with Gasteiger partial charge in [0, 0.05) is 0 Å². The molecule has 0 N–H and O–H groups in total. The average molecular weight is 268 g/mol. The van der Waals surface area contributed by atoms with Gasteiger partial charge in [-0.1, -0.05) is 0 Å². The molecular weight excluding hydrogens is 262 g/mol. The Morgan fingerprint density at radius 3 is 2.93 bits per heavy atom. The summed E-state index contributed by atoms with van der Waals surface area (Å²) >= 11 is 4.93. The molecule has 1 aromatic carbocycles. The molecule has 2 nitrogen and oxygen atoms in total. The molecule has 14 heavy (non-hydrogen) atoms. The molecule has 2 aromatic rings. The predicted molar refractivity (Wildman–Crippen MR) is 60.8 cm³/mol. The maximum atomic E-state index is 8.77. The fourth-order valence-electron chi connectivity index (χ4n) is 1.26. The molecule has 0 bridgehead atoms. The third kappa shape index (κ3) is 1.39. The molecule has 1 aromatic heterocycles. The second kappa shape index (κ2) is 3.60. The normalized spacial score (nSPS) is 10.1. The van der Waals surface area contributed by atoms with Crippen LogP contribution in [0.4, 0.5) is 0 Å². The van der Waals surface area contributed by atoms with E-state index < -0.39 is 0 Å². The molecule has 0 spiro atoms. The summed E-state index contributed by atoms with van der Waals surface area (Å²) in [5.41, 5.74) is 0. The summed E-state index contributed by atoms with van der Waals surface area (Å²) in [5.74, 6) is 0.795. The van der Waals surface area contributed by atoms with Crippen LogP contribution in [0, 0.1) is 11.3 Å². The average Bonchev–Trinajstić information content (AvgIpc) is 2.62. The minimum Gasteiger partial charge on any atom is -0.496 e. The fourth-order valence-corrected chi connectivity index (χ4v) is 2.92. The van der Waals surface area contributed by atoms with Crippen LogP contribution in [0.1, 0.15) is 4.88 Å². The van der Waals surface area contributed by atoms with Crippen molar-refractivity contribution in [3.8, 4) is 11.8 Å². The second-order valence-electron chi connectivity index (χ2n) is 2.72. The second-order valence-corrected chi connectivity index (χ2v) is 4.57. The summed E-state index contributed by atoms with van der Waals surface area (Å²) in [4.78, 5) is 0.717. The van der Waals surface area contributed by atoms with Crippen molar-refractivity contribution < 1.29 is 4.74 Å². The van der Waals surface area contributed by atoms with Gasteiger partial charge in [-0.2, -0.15) is 5.26 Å². The molecule has 2 rings (SSSR count). The van der Waals surface area contributed by atoms with Crippen LogP contribution in [0.3, 0.4) is 0 Å². The molecule has 0 saturated carbocycles. The van der Waals surface area contributed by atoms with Crippen LogP contribution in [0.15, 0.2) is 22.7 Å². The Morgan fingerprint density at radius 2 is 2.29 bits per heavy atom. The Labute approximate surface area is 93.9 Å². The van der Waals surface area contributed by atoms with Crippen molar-refractivity contribution in [2.45, 2.75) is 0 Å². The first kappa shape index (κ1) is 9.50. The number of methoxy groups -OCH3 is 1. The number of nitrogens with zero attached hydrogens (tertiary/aromatic N) is 1. The monoisotopic (exact) mass is 267 g/mol. The van der Waals surface area contributed by atoms with E-state index in [0.717, 1.165) is 20.3 Å². The van der Waals surface area contributed by atoms with Gasteiger partial charge in [0.05, 0.1) is 16.3 Å². The molecule has 1 heterocycles. The van der Waals surface area contributed by atoms with Crippen LogP contribution < -0.4 is 4.74 Å². The van der Waals surface area contributed by atoms with E-state index in [1.807, 2.05) is 18.2 Å². The van der Waals surface area contributed by atoms with Gasteiger partial charge >= 0.3 is 0 Å². The Balaban J connectivity index is 2.76. The highest BCUT2D eigenvalue weighted by atomic mass is 79.9. The number of hydrogen-bond donors (Lipinski definition) is 0. The highest BCUT2D eigenvalue weighted by Crippen LogP contribution is 2.37. The number of fused-ring (bicyclic) bond motifs is 1. The largest absolute Gasteiger partial charge is 0.496 e. The lowest BCUT2D eigenvalue weighted by molar-refractivity contribution is 0.413. The molecular formula is C10H6BrNOS. The quantitative estimate of drug-likeness (QED) is 0.792. The first-order chi connectivity index (χ1) is 6.76. The zero-order valence-corrected chi connectivity index (χ0v) is 9.78. The van der Waals surface area contributed by atoms with Crippen molar-refractivity contribution in [3.05, 3.63) is 27.5 Å². The van der Waals surface area contributed by atoms with Crippen molar-refractivity contribution in [2.75, 3.05) is 7.11 Å². The van der Waals surface area contributed by atoms with E-state index in [1.54, 1.807) is 7.11 Å². The zero-order chi connectivity index (χ0) is 10.1. The summed E-state index contributed by atoms with van der Waals surface area (Å²) in [7, 11) is 1.63. The summed E-state index contributed by atoms with van der Waals surface area (Å²) in [6.07, 6.45) is 0. The lowest BCUT2D eigenvalue weighted by Crippen LogP contribution is -1.82. The molecule has 0 radical (unpaired) electrons. The number of hydrogen-bond acceptors (Lipinski definition) is 3. The van der Waals surface area contributed by atoms with Gasteiger partial charge in [-0.05, 0) is 39.5 Å². The number of benzene rings is 1. The Kier molecular flexibility index (Phi) is 2.44. The van der Waals surface area contributed by atoms with Gasteiger partial charge in [0.1, 0.15) is 16.7 Å². The third-order valence-electron chi connectivity index (χ3n) is 1.92. The SMILES string of the molecule is COc1ccc2cc(C#N)sc2c1Br. The van der Waals surface area contributed by atoms with Crippen molar-refractivity contribution in [3.63, 3.8) is 0 Å². The zero-order valence-electron chi connectivity index (χ0n) is 7.37. The van der Waals surface area contributed by atoms with Crippen molar-refractivity contribution in [1.29, 1.82) is 5.26 Å². The fraction of sp³-hybridized carbons (Fsp3) is 0.100. The minimum atomic E-state index is 0.717. The number of halogens is 1. The third-order valence-corrected chi connectivity index (χ3v) is 4.04. The van der Waals surface area contributed by atoms with Crippen molar-refractivity contribution in [2.24, 2.45) is 0 Å². The molecule has 4 heteroatoms. The van der Waals surface area contributed by atoms with E-state index in [9.17, 15) is 0 Å². The first-order valence-corrected chi connectivity index (χ1v) is 5.53. The Hall–Kier alpha value is -1.05. The van der Waals surface area contributed by atoms with E-state index >= 15 is 0 Å². The Bertz CT molecular complexity index is 527. The topological polar surface area (TPSA) is 33.0 Å². The van der Waals surface area contributed by atoms with E-state index in [4.69, 9.17) is 10.00 Å². The predicted octanol–water partition coefficient (Wildman–Crippen LogP) is 3.54. The number of nitriles is 1. The molecule has 0 aliphatic heterocycles. The summed E-state index contributed by atoms with van der Waals surface area (Å²) in [6, 6.07) is 7.86. The standard InChI is InChI=1S/C10H6BrNOS/c1-13-8-3-2-6-4-7(5-12)14-10(6)9(8)11/h2-4H,1H3. The Morgan fingerprint density at radius 1 is 1.50 bits per heavy atom. The molecule has 70 valence electrons. The van der Waals surface area contributed by atoms with E-state index in [1.165, 1.54) is 11.3 Å². The van der Waals surface area contributed by atoms with Gasteiger partial charge in [-0.3, -0.25) is 0 Å². The first-order valence-electron chi connectivity index (χ1n) is 3.92. The van der Waals surface area contributed by atoms with E-state index in [0.29, 0.717) is 4.88 Å². The molecule has 0 fully saturated rings. The lowest BCUT2D eigenvalue weighted by Gasteiger charge is -2.02. The lowest BCUT2D eigenvalue weighted by atomic mass is 10.2. The van der Waals surface area contributed by atoms with Crippen LogP contribution >= 0.6 is 27.3 Å². The molecule has 0 aliphatic rings. The van der Waals surface area contributed by atoms with Crippen LogP contribution in [0.2, 0.25) is 0 Å². The molecule has 0 aliphatic carbocycles. The highest BCUT2D eigenvalue weighted by Gasteiger charge is 2.08. The van der Waals surface area contributed by atoms with Gasteiger partial charge in [-0.15, -0.1) is 11.3 Å². The highest BCUT2D eigenvalue weighted by molar-refractivity contribution is 9.10. The molecule has 0 amide bonds. The summed E-state index contributed by atoms with van der Waals surface area (Å²) in [5, 5.41) is 9.84. The number of thiophene rings is 1. The van der Waals surface area contributed by atoms with Crippen LogP contribution in [0.25, 0.3) is 10.1 Å². The summed E-state index contributed by atoms with van der Waals surface area (Å²) in [6.45, 7) is 0. The van der Waals surface area contributed by atoms with Crippen LogP contribution in [0.5, 0.6) is 5.75 Å². The van der Waals surface area contributed by atoms with E-state index in [2.05, 4.69) is 22.0 Å². The summed E-state index contributed by atoms with van der Waals surface area (Å²) < 4.78 is 7.15. The minimum absolute atomic E-state index is 0.717. The molecule has 0 atom stereocenters. The maximum Gasteiger partial charge on any atom is 0.134 e. The molecule has 0 unspecified atom stereocenters. The number of rotatable bonds is 1. The van der Waals surface area contributed by atoms with Crippen LogP contribution in [-0.4, -0.2) is 7.11 Å².